The number of carbonyl (C=O) groups excluding carboxylic acids is 1. The lowest BCUT2D eigenvalue weighted by Crippen LogP contribution is -2.45. The van der Waals surface area contributed by atoms with Gasteiger partial charge in [-0.15, -0.1) is 0 Å². The van der Waals surface area contributed by atoms with Gasteiger partial charge < -0.3 is 15.1 Å². The van der Waals surface area contributed by atoms with Gasteiger partial charge >= 0.3 is 6.03 Å². The van der Waals surface area contributed by atoms with Gasteiger partial charge in [0.05, 0.1) is 27.5 Å². The number of nitrogens with zero attached hydrogens (tertiary/aromatic N) is 3. The molecule has 2 aromatic heterocycles. The van der Waals surface area contributed by atoms with E-state index in [1.54, 1.807) is 0 Å². The maximum Gasteiger partial charge on any atom is 0.323 e. The minimum Gasteiger partial charge on any atom is -0.393 e. The standard InChI is InChI=1S/C20H19ClF2N4O3S/c21-13-7-11(15(29)10-28)9-24-17(13)20(23)3-5-27(6-4-20)19(30)26-18-25-14-2-1-12(22)8-16(14)31-18/h1-2,7-9,15,28-29H,3-6,10H2,(H,25,26,30)/t15-/m1/s1. The third-order valence-electron chi connectivity index (χ3n) is 5.25. The van der Waals surface area contributed by atoms with Gasteiger partial charge in [-0.1, -0.05) is 22.9 Å². The van der Waals surface area contributed by atoms with E-state index in [0.717, 1.165) is 11.3 Å². The molecule has 1 aliphatic heterocycles. The van der Waals surface area contributed by atoms with Crippen molar-refractivity contribution in [1.82, 2.24) is 14.9 Å². The molecule has 0 unspecified atom stereocenters. The lowest BCUT2D eigenvalue weighted by atomic mass is 9.89. The maximum absolute atomic E-state index is 15.6. The number of pyridine rings is 1. The number of fused-ring (bicyclic) bond motifs is 1. The van der Waals surface area contributed by atoms with Crippen LogP contribution in [0.3, 0.4) is 0 Å². The third-order valence-corrected chi connectivity index (χ3v) is 6.47. The molecule has 11 heteroatoms. The second-order valence-corrected chi connectivity index (χ2v) is 8.75. The Balaban J connectivity index is 1.41. The molecule has 0 bridgehead atoms. The Morgan fingerprint density at radius 2 is 2.10 bits per heavy atom. The zero-order valence-corrected chi connectivity index (χ0v) is 17.8. The second-order valence-electron chi connectivity index (χ2n) is 7.31. The maximum atomic E-state index is 15.6. The van der Waals surface area contributed by atoms with Gasteiger partial charge in [0.2, 0.25) is 0 Å². The highest BCUT2D eigenvalue weighted by atomic mass is 35.5. The average Bonchev–Trinajstić information content (AvgIpc) is 3.14. The van der Waals surface area contributed by atoms with Crippen LogP contribution in [0.5, 0.6) is 0 Å². The van der Waals surface area contributed by atoms with Crippen LogP contribution in [0.4, 0.5) is 18.7 Å². The van der Waals surface area contributed by atoms with Crippen molar-refractivity contribution in [3.8, 4) is 0 Å². The number of carbonyl (C=O) groups is 1. The van der Waals surface area contributed by atoms with Gasteiger partial charge in [-0.25, -0.2) is 18.6 Å². The molecule has 3 aromatic rings. The molecule has 0 saturated carbocycles. The second kappa shape index (κ2) is 8.62. The first-order chi connectivity index (χ1) is 14.8. The number of aliphatic hydroxyl groups is 2. The molecule has 7 nitrogen and oxygen atoms in total. The van der Waals surface area contributed by atoms with Crippen LogP contribution in [-0.2, 0) is 5.67 Å². The number of hydrogen-bond acceptors (Lipinski definition) is 6. The Morgan fingerprint density at radius 3 is 2.77 bits per heavy atom. The van der Waals surface area contributed by atoms with Crippen LogP contribution in [0.15, 0.2) is 30.5 Å². The number of halogens is 3. The molecule has 1 aromatic carbocycles. The Morgan fingerprint density at radius 1 is 1.35 bits per heavy atom. The number of urea groups is 1. The van der Waals surface area contributed by atoms with Crippen molar-refractivity contribution in [3.05, 3.63) is 52.6 Å². The van der Waals surface area contributed by atoms with Crippen molar-refractivity contribution in [3.63, 3.8) is 0 Å². The van der Waals surface area contributed by atoms with Crippen molar-refractivity contribution in [2.24, 2.45) is 0 Å². The fourth-order valence-electron chi connectivity index (χ4n) is 3.49. The molecule has 1 atom stereocenters. The predicted octanol–water partition coefficient (Wildman–Crippen LogP) is 4.00. The highest BCUT2D eigenvalue weighted by molar-refractivity contribution is 7.22. The van der Waals surface area contributed by atoms with Gasteiger partial charge in [0.1, 0.15) is 11.9 Å². The van der Waals surface area contributed by atoms with E-state index in [0.29, 0.717) is 20.9 Å². The number of piperidine rings is 1. The largest absolute Gasteiger partial charge is 0.393 e. The van der Waals surface area contributed by atoms with Crippen LogP contribution in [0, 0.1) is 5.82 Å². The first-order valence-corrected chi connectivity index (χ1v) is 10.7. The number of hydrogen-bond donors (Lipinski definition) is 3. The Hall–Kier alpha value is -2.40. The number of anilines is 1. The summed E-state index contributed by atoms with van der Waals surface area (Å²) in [6, 6.07) is 5.16. The van der Waals surface area contributed by atoms with E-state index in [9.17, 15) is 14.3 Å². The fourth-order valence-corrected chi connectivity index (χ4v) is 4.72. The van der Waals surface area contributed by atoms with Gasteiger partial charge in [-0.05, 0) is 24.3 Å². The molecule has 0 spiro atoms. The Labute approximate surface area is 185 Å². The van der Waals surface area contributed by atoms with Gasteiger partial charge in [0, 0.05) is 37.7 Å². The molecule has 164 valence electrons. The van der Waals surface area contributed by atoms with Crippen molar-refractivity contribution in [1.29, 1.82) is 0 Å². The summed E-state index contributed by atoms with van der Waals surface area (Å²) in [4.78, 5) is 22.4. The quantitative estimate of drug-likeness (QED) is 0.537. The number of nitrogens with one attached hydrogen (secondary N) is 1. The van der Waals surface area contributed by atoms with Gasteiger partial charge in [-0.3, -0.25) is 10.3 Å². The molecule has 4 rings (SSSR count). The van der Waals surface area contributed by atoms with Gasteiger partial charge in [-0.2, -0.15) is 0 Å². The topological polar surface area (TPSA) is 98.6 Å². The molecule has 1 fully saturated rings. The molecule has 1 saturated heterocycles. The number of aromatic nitrogens is 2. The first-order valence-electron chi connectivity index (χ1n) is 9.55. The number of likely N-dealkylation sites (tertiary alicyclic amines) is 1. The smallest absolute Gasteiger partial charge is 0.323 e. The highest BCUT2D eigenvalue weighted by Crippen LogP contribution is 2.40. The number of amides is 2. The summed E-state index contributed by atoms with van der Waals surface area (Å²) in [6.45, 7) is -0.215. The molecule has 1 aliphatic rings. The molecule has 3 N–H and O–H groups in total. The fraction of sp³-hybridized carbons (Fsp3) is 0.350. The van der Waals surface area contributed by atoms with Crippen LogP contribution in [0.2, 0.25) is 5.02 Å². The first kappa shape index (κ1) is 21.8. The molecular formula is C20H19ClF2N4O3S. The third kappa shape index (κ3) is 4.47. The molecule has 31 heavy (non-hydrogen) atoms. The monoisotopic (exact) mass is 468 g/mol. The zero-order valence-electron chi connectivity index (χ0n) is 16.2. The minimum absolute atomic E-state index is 0.0000953. The summed E-state index contributed by atoms with van der Waals surface area (Å²) in [6.07, 6.45) is 0.151. The Kier molecular flexibility index (Phi) is 6.07. The number of aliphatic hydroxyl groups excluding tert-OH is 2. The number of benzene rings is 1. The van der Waals surface area contributed by atoms with Crippen molar-refractivity contribution < 1.29 is 23.8 Å². The van der Waals surface area contributed by atoms with Crippen LogP contribution in [0.25, 0.3) is 10.2 Å². The minimum atomic E-state index is -1.82. The number of thiazole rings is 1. The summed E-state index contributed by atoms with van der Waals surface area (Å²) >= 11 is 7.35. The van der Waals surface area contributed by atoms with Crippen LogP contribution in [-0.4, -0.2) is 50.8 Å². The summed E-state index contributed by atoms with van der Waals surface area (Å²) in [7, 11) is 0. The lowest BCUT2D eigenvalue weighted by Gasteiger charge is -2.36. The van der Waals surface area contributed by atoms with Crippen LogP contribution >= 0.6 is 22.9 Å². The van der Waals surface area contributed by atoms with E-state index in [1.807, 2.05) is 0 Å². The zero-order chi connectivity index (χ0) is 22.2. The molecule has 2 amide bonds. The predicted molar refractivity (Wildman–Crippen MR) is 113 cm³/mol. The molecule has 0 radical (unpaired) electrons. The molecule has 0 aliphatic carbocycles. The van der Waals surface area contributed by atoms with Gasteiger partial charge in [0.25, 0.3) is 0 Å². The van der Waals surface area contributed by atoms with E-state index < -0.39 is 24.4 Å². The van der Waals surface area contributed by atoms with Crippen molar-refractivity contribution >= 4 is 44.3 Å². The number of alkyl halides is 1. The van der Waals surface area contributed by atoms with E-state index in [4.69, 9.17) is 16.7 Å². The molecule has 3 heterocycles. The average molecular weight is 469 g/mol. The van der Waals surface area contributed by atoms with E-state index in [1.165, 1.54) is 35.4 Å². The highest BCUT2D eigenvalue weighted by Gasteiger charge is 2.40. The summed E-state index contributed by atoms with van der Waals surface area (Å²) < 4.78 is 29.5. The SMILES string of the molecule is O=C(Nc1nc2ccc(F)cc2s1)N1CCC(F)(c2ncc([C@H](O)CO)cc2Cl)CC1. The van der Waals surface area contributed by atoms with Crippen molar-refractivity contribution in [2.45, 2.75) is 24.6 Å². The summed E-state index contributed by atoms with van der Waals surface area (Å²) in [5.74, 6) is -0.379. The summed E-state index contributed by atoms with van der Waals surface area (Å²) in [5.41, 5.74) is -0.883. The van der Waals surface area contributed by atoms with E-state index in [2.05, 4.69) is 15.3 Å². The van der Waals surface area contributed by atoms with E-state index in [-0.39, 0.29) is 42.5 Å². The molecular weight excluding hydrogens is 450 g/mol. The van der Waals surface area contributed by atoms with Crippen LogP contribution in [0.1, 0.15) is 30.2 Å². The number of rotatable bonds is 4. The Bertz CT molecular complexity index is 1120. The van der Waals surface area contributed by atoms with Crippen LogP contribution < -0.4 is 5.32 Å². The summed E-state index contributed by atoms with van der Waals surface area (Å²) in [5, 5.41) is 21.8. The normalized spacial score (nSPS) is 17.0. The van der Waals surface area contributed by atoms with Gasteiger partial charge in [0.15, 0.2) is 10.8 Å². The van der Waals surface area contributed by atoms with Crippen molar-refractivity contribution in [2.75, 3.05) is 25.0 Å². The van der Waals surface area contributed by atoms with E-state index >= 15 is 4.39 Å². The lowest BCUT2D eigenvalue weighted by molar-refractivity contribution is 0.0679.